The first-order valence-corrected chi connectivity index (χ1v) is 6.21. The minimum atomic E-state index is -0.134. The van der Waals surface area contributed by atoms with E-state index in [1.165, 1.54) is 17.5 Å². The van der Waals surface area contributed by atoms with E-state index in [-0.39, 0.29) is 12.3 Å². The molecule has 2 aromatic heterocycles. The Morgan fingerprint density at radius 3 is 2.94 bits per heavy atom. The van der Waals surface area contributed by atoms with Gasteiger partial charge in [0.15, 0.2) is 0 Å². The lowest BCUT2D eigenvalue weighted by molar-refractivity contribution is -0.115. The molecule has 88 valence electrons. The summed E-state index contributed by atoms with van der Waals surface area (Å²) >= 11 is 7.23. The van der Waals surface area contributed by atoms with Gasteiger partial charge in [-0.05, 0) is 19.1 Å². The van der Waals surface area contributed by atoms with Gasteiger partial charge in [-0.1, -0.05) is 11.6 Å². The minimum absolute atomic E-state index is 0.134. The van der Waals surface area contributed by atoms with Crippen LogP contribution in [0.4, 0.5) is 5.82 Å². The summed E-state index contributed by atoms with van der Waals surface area (Å²) in [6.45, 7) is 1.91. The van der Waals surface area contributed by atoms with Gasteiger partial charge in [-0.25, -0.2) is 9.97 Å². The molecule has 4 nitrogen and oxygen atoms in total. The van der Waals surface area contributed by atoms with Crippen molar-refractivity contribution < 1.29 is 4.79 Å². The van der Waals surface area contributed by atoms with E-state index in [9.17, 15) is 4.79 Å². The van der Waals surface area contributed by atoms with Crippen LogP contribution in [0.2, 0.25) is 5.02 Å². The van der Waals surface area contributed by atoms with Gasteiger partial charge in [0, 0.05) is 11.6 Å². The predicted molar refractivity (Wildman–Crippen MR) is 68.4 cm³/mol. The number of carbonyl (C=O) groups is 1. The van der Waals surface area contributed by atoms with Gasteiger partial charge in [0.25, 0.3) is 0 Å². The first kappa shape index (κ1) is 12.0. The molecule has 1 N–H and O–H groups in total. The summed E-state index contributed by atoms with van der Waals surface area (Å²) in [4.78, 5) is 19.9. The zero-order valence-electron chi connectivity index (χ0n) is 9.11. The van der Waals surface area contributed by atoms with Gasteiger partial charge in [-0.3, -0.25) is 4.79 Å². The average Bonchev–Trinajstić information content (AvgIpc) is 2.67. The smallest absolute Gasteiger partial charge is 0.231 e. The summed E-state index contributed by atoms with van der Waals surface area (Å²) in [6.07, 6.45) is 1.75. The summed E-state index contributed by atoms with van der Waals surface area (Å²) in [6, 6.07) is 3.34. The fraction of sp³-hybridized carbons (Fsp3) is 0.182. The second-order valence-corrected chi connectivity index (χ2v) is 4.94. The molecule has 2 rings (SSSR count). The van der Waals surface area contributed by atoms with Crippen LogP contribution in [0, 0.1) is 6.92 Å². The van der Waals surface area contributed by atoms with Crippen molar-refractivity contribution in [2.24, 2.45) is 0 Å². The number of aromatic nitrogens is 2. The monoisotopic (exact) mass is 267 g/mol. The van der Waals surface area contributed by atoms with Gasteiger partial charge in [-0.15, -0.1) is 11.3 Å². The van der Waals surface area contributed by atoms with Crippen LogP contribution >= 0.6 is 22.9 Å². The molecule has 2 aromatic rings. The third-order valence-electron chi connectivity index (χ3n) is 2.00. The van der Waals surface area contributed by atoms with E-state index in [1.807, 2.05) is 12.3 Å². The normalized spacial score (nSPS) is 10.2. The molecule has 6 heteroatoms. The molecular weight excluding hydrogens is 258 g/mol. The van der Waals surface area contributed by atoms with Crippen molar-refractivity contribution in [3.8, 4) is 0 Å². The highest BCUT2D eigenvalue weighted by molar-refractivity contribution is 7.09. The molecule has 17 heavy (non-hydrogen) atoms. The van der Waals surface area contributed by atoms with Crippen LogP contribution in [0.25, 0.3) is 0 Å². The zero-order chi connectivity index (χ0) is 12.3. The fourth-order valence-corrected chi connectivity index (χ4v) is 2.02. The minimum Gasteiger partial charge on any atom is -0.310 e. The number of aryl methyl sites for hydroxylation is 1. The van der Waals surface area contributed by atoms with Crippen LogP contribution in [-0.2, 0) is 11.2 Å². The number of anilines is 1. The maximum atomic E-state index is 11.7. The fourth-order valence-electron chi connectivity index (χ4n) is 1.29. The van der Waals surface area contributed by atoms with Gasteiger partial charge in [0.2, 0.25) is 5.91 Å². The highest BCUT2D eigenvalue weighted by atomic mass is 35.5. The lowest BCUT2D eigenvalue weighted by Crippen LogP contribution is -2.15. The summed E-state index contributed by atoms with van der Waals surface area (Å²) in [5.41, 5.74) is 0.777. The number of carbonyl (C=O) groups excluding carboxylic acids is 1. The standard InChI is InChI=1S/C11H10ClN3OS/c1-7-14-9(6-17-7)4-11(16)15-10-3-2-8(12)5-13-10/h2-3,5-6H,4H2,1H3,(H,13,15,16). The van der Waals surface area contributed by atoms with E-state index in [0.29, 0.717) is 10.8 Å². The molecule has 0 unspecified atom stereocenters. The first-order chi connectivity index (χ1) is 8.13. The number of nitrogens with zero attached hydrogens (tertiary/aromatic N) is 2. The second kappa shape index (κ2) is 5.25. The Balaban J connectivity index is 1.95. The highest BCUT2D eigenvalue weighted by Gasteiger charge is 2.07. The Morgan fingerprint density at radius 2 is 2.35 bits per heavy atom. The number of pyridine rings is 1. The summed E-state index contributed by atoms with van der Waals surface area (Å²) in [5, 5.41) is 6.06. The van der Waals surface area contributed by atoms with Crippen molar-refractivity contribution in [1.29, 1.82) is 0 Å². The van der Waals surface area contributed by atoms with Crippen molar-refractivity contribution >= 4 is 34.7 Å². The number of amides is 1. The average molecular weight is 268 g/mol. The Morgan fingerprint density at radius 1 is 1.53 bits per heavy atom. The lowest BCUT2D eigenvalue weighted by Gasteiger charge is -2.02. The second-order valence-electron chi connectivity index (χ2n) is 3.44. The molecule has 2 heterocycles. The van der Waals surface area contributed by atoms with Crippen molar-refractivity contribution in [3.05, 3.63) is 39.4 Å². The van der Waals surface area contributed by atoms with Gasteiger partial charge in [0.05, 0.1) is 22.1 Å². The number of rotatable bonds is 3. The quantitative estimate of drug-likeness (QED) is 0.930. The van der Waals surface area contributed by atoms with E-state index < -0.39 is 0 Å². The molecule has 0 spiro atoms. The topological polar surface area (TPSA) is 54.9 Å². The number of nitrogens with one attached hydrogen (secondary N) is 1. The number of hydrogen-bond donors (Lipinski definition) is 1. The van der Waals surface area contributed by atoms with Crippen LogP contribution in [0.3, 0.4) is 0 Å². The van der Waals surface area contributed by atoms with E-state index in [2.05, 4.69) is 15.3 Å². The molecule has 1 amide bonds. The highest BCUT2D eigenvalue weighted by Crippen LogP contribution is 2.11. The Bertz CT molecular complexity index is 524. The molecule has 0 saturated heterocycles. The summed E-state index contributed by atoms with van der Waals surface area (Å²) < 4.78 is 0. The maximum Gasteiger partial charge on any atom is 0.231 e. The molecule has 0 saturated carbocycles. The predicted octanol–water partition coefficient (Wildman–Crippen LogP) is 2.68. The molecule has 0 aliphatic rings. The Labute approximate surface area is 108 Å². The van der Waals surface area contributed by atoms with E-state index >= 15 is 0 Å². The molecule has 0 atom stereocenters. The van der Waals surface area contributed by atoms with Crippen molar-refractivity contribution in [1.82, 2.24) is 9.97 Å². The van der Waals surface area contributed by atoms with Gasteiger partial charge >= 0.3 is 0 Å². The first-order valence-electron chi connectivity index (χ1n) is 4.96. The van der Waals surface area contributed by atoms with E-state index in [0.717, 1.165) is 10.7 Å². The molecule has 0 aliphatic carbocycles. The molecule has 0 aromatic carbocycles. The summed E-state index contributed by atoms with van der Waals surface area (Å²) in [7, 11) is 0. The molecule has 0 bridgehead atoms. The van der Waals surface area contributed by atoms with Crippen LogP contribution < -0.4 is 5.32 Å². The van der Waals surface area contributed by atoms with Crippen molar-refractivity contribution in [2.75, 3.05) is 5.32 Å². The van der Waals surface area contributed by atoms with E-state index in [1.54, 1.807) is 12.1 Å². The van der Waals surface area contributed by atoms with Crippen LogP contribution in [0.5, 0.6) is 0 Å². The van der Waals surface area contributed by atoms with Gasteiger partial charge in [0.1, 0.15) is 5.82 Å². The van der Waals surface area contributed by atoms with Crippen LogP contribution in [0.1, 0.15) is 10.7 Å². The number of thiazole rings is 1. The number of halogens is 1. The van der Waals surface area contributed by atoms with Crippen molar-refractivity contribution in [2.45, 2.75) is 13.3 Å². The van der Waals surface area contributed by atoms with Crippen LogP contribution in [-0.4, -0.2) is 15.9 Å². The largest absolute Gasteiger partial charge is 0.310 e. The Hall–Kier alpha value is -1.46. The van der Waals surface area contributed by atoms with Crippen LogP contribution in [0.15, 0.2) is 23.7 Å². The third kappa shape index (κ3) is 3.51. The van der Waals surface area contributed by atoms with Gasteiger partial charge in [-0.2, -0.15) is 0 Å². The van der Waals surface area contributed by atoms with E-state index in [4.69, 9.17) is 11.6 Å². The lowest BCUT2D eigenvalue weighted by atomic mass is 10.3. The molecular formula is C11H10ClN3OS. The van der Waals surface area contributed by atoms with Crippen molar-refractivity contribution in [3.63, 3.8) is 0 Å². The SMILES string of the molecule is Cc1nc(CC(=O)Nc2ccc(Cl)cn2)cs1. The zero-order valence-corrected chi connectivity index (χ0v) is 10.7. The maximum absolute atomic E-state index is 11.7. The molecule has 0 fully saturated rings. The molecule has 0 aliphatic heterocycles. The number of hydrogen-bond acceptors (Lipinski definition) is 4. The Kier molecular flexibility index (Phi) is 3.71. The third-order valence-corrected chi connectivity index (χ3v) is 3.05. The van der Waals surface area contributed by atoms with Gasteiger partial charge < -0.3 is 5.32 Å². The summed E-state index contributed by atoms with van der Waals surface area (Å²) in [5.74, 6) is 0.358. The molecule has 0 radical (unpaired) electrons.